The second-order valence-electron chi connectivity index (χ2n) is 4.40. The van der Waals surface area contributed by atoms with Crippen LogP contribution in [0.1, 0.15) is 12.5 Å². The highest BCUT2D eigenvalue weighted by molar-refractivity contribution is 5.88. The van der Waals surface area contributed by atoms with E-state index in [4.69, 9.17) is 5.73 Å². The van der Waals surface area contributed by atoms with Crippen molar-refractivity contribution in [3.63, 3.8) is 0 Å². The molecule has 21 heavy (non-hydrogen) atoms. The largest absolute Gasteiger partial charge is 0.397 e. The van der Waals surface area contributed by atoms with Crippen LogP contribution in [0.4, 0.5) is 17.1 Å². The van der Waals surface area contributed by atoms with E-state index in [9.17, 15) is 9.59 Å². The van der Waals surface area contributed by atoms with Gasteiger partial charge in [-0.25, -0.2) is 0 Å². The van der Waals surface area contributed by atoms with Gasteiger partial charge < -0.3 is 16.4 Å². The Bertz CT molecular complexity index is 595. The van der Waals surface area contributed by atoms with Crippen molar-refractivity contribution in [2.75, 3.05) is 16.4 Å². The van der Waals surface area contributed by atoms with E-state index in [0.717, 1.165) is 5.69 Å². The Morgan fingerprint density at radius 2 is 1.71 bits per heavy atom. The second-order valence-corrected chi connectivity index (χ2v) is 4.40. The van der Waals surface area contributed by atoms with Gasteiger partial charge in [0, 0.05) is 12.6 Å². The summed E-state index contributed by atoms with van der Waals surface area (Å²) in [4.78, 5) is 20.5. The zero-order valence-corrected chi connectivity index (χ0v) is 12.1. The van der Waals surface area contributed by atoms with Crippen LogP contribution in [0.25, 0.3) is 0 Å². The van der Waals surface area contributed by atoms with E-state index >= 15 is 0 Å². The van der Waals surface area contributed by atoms with Crippen LogP contribution in [-0.2, 0) is 9.59 Å². The Kier molecular flexibility index (Phi) is 6.47. The Morgan fingerprint density at radius 1 is 1.10 bits per heavy atom. The van der Waals surface area contributed by atoms with Gasteiger partial charge in [0.1, 0.15) is 0 Å². The van der Waals surface area contributed by atoms with Gasteiger partial charge in [0.15, 0.2) is 0 Å². The van der Waals surface area contributed by atoms with Crippen LogP contribution in [0, 0.1) is 6.92 Å². The zero-order valence-electron chi connectivity index (χ0n) is 12.1. The van der Waals surface area contributed by atoms with Crippen molar-refractivity contribution in [3.8, 4) is 0 Å². The van der Waals surface area contributed by atoms with Gasteiger partial charge in [0.2, 0.25) is 12.3 Å². The molecule has 2 aromatic rings. The van der Waals surface area contributed by atoms with Crippen LogP contribution < -0.4 is 16.4 Å². The maximum atomic E-state index is 10.6. The molecule has 0 spiro atoms. The van der Waals surface area contributed by atoms with E-state index in [2.05, 4.69) is 10.6 Å². The van der Waals surface area contributed by atoms with E-state index in [1.54, 1.807) is 12.1 Å². The van der Waals surface area contributed by atoms with Crippen LogP contribution in [0.2, 0.25) is 0 Å². The third-order valence-electron chi connectivity index (χ3n) is 2.55. The van der Waals surface area contributed by atoms with Gasteiger partial charge in [0.25, 0.3) is 0 Å². The molecule has 2 amide bonds. The number of carbonyl (C=O) groups is 2. The fraction of sp³-hybridized carbons (Fsp3) is 0.125. The predicted octanol–water partition coefficient (Wildman–Crippen LogP) is 2.79. The van der Waals surface area contributed by atoms with Crippen molar-refractivity contribution in [1.82, 2.24) is 0 Å². The summed E-state index contributed by atoms with van der Waals surface area (Å²) in [5.74, 6) is -0.0335. The number of hydrogen-bond donors (Lipinski definition) is 3. The van der Waals surface area contributed by atoms with Crippen molar-refractivity contribution in [2.45, 2.75) is 13.8 Å². The van der Waals surface area contributed by atoms with Crippen LogP contribution in [0.15, 0.2) is 48.5 Å². The average Bonchev–Trinajstić information content (AvgIpc) is 2.44. The lowest BCUT2D eigenvalue weighted by atomic mass is 10.2. The number of nitrogens with two attached hydrogens (primary N) is 1. The zero-order chi connectivity index (χ0) is 15.7. The predicted molar refractivity (Wildman–Crippen MR) is 86.0 cm³/mol. The molecule has 0 saturated heterocycles. The highest BCUT2D eigenvalue weighted by Crippen LogP contribution is 2.14. The molecule has 110 valence electrons. The molecule has 5 heteroatoms. The SMILES string of the molecule is CC(=O)Nc1ccc(C)cc1.Nc1ccccc1NC=O. The van der Waals surface area contributed by atoms with Gasteiger partial charge in [-0.05, 0) is 31.2 Å². The maximum absolute atomic E-state index is 10.6. The Morgan fingerprint density at radius 3 is 2.24 bits per heavy atom. The second kappa shape index (κ2) is 8.37. The average molecular weight is 285 g/mol. The Labute approximate surface area is 124 Å². The lowest BCUT2D eigenvalue weighted by Gasteiger charge is -2.00. The number of para-hydroxylation sites is 2. The smallest absolute Gasteiger partial charge is 0.221 e. The van der Waals surface area contributed by atoms with Crippen molar-refractivity contribution >= 4 is 29.4 Å². The fourth-order valence-electron chi connectivity index (χ4n) is 1.53. The first-order valence-corrected chi connectivity index (χ1v) is 6.42. The Hall–Kier alpha value is -2.82. The summed E-state index contributed by atoms with van der Waals surface area (Å²) in [6, 6.07) is 14.8. The van der Waals surface area contributed by atoms with Gasteiger partial charge in [-0.3, -0.25) is 9.59 Å². The van der Waals surface area contributed by atoms with Crippen LogP contribution >= 0.6 is 0 Å². The lowest BCUT2D eigenvalue weighted by Crippen LogP contribution is -2.05. The molecule has 2 aromatic carbocycles. The third kappa shape index (κ3) is 6.24. The van der Waals surface area contributed by atoms with E-state index in [1.807, 2.05) is 43.3 Å². The molecule has 0 radical (unpaired) electrons. The highest BCUT2D eigenvalue weighted by Gasteiger charge is 1.93. The van der Waals surface area contributed by atoms with E-state index < -0.39 is 0 Å². The molecule has 0 bridgehead atoms. The standard InChI is InChI=1S/C9H11NO.C7H8N2O/c1-7-3-5-9(6-4-7)10-8(2)11;8-6-3-1-2-4-7(6)9-5-10/h3-6H,1-2H3,(H,10,11);1-5H,8H2,(H,9,10). The van der Waals surface area contributed by atoms with Crippen molar-refractivity contribution in [1.29, 1.82) is 0 Å². The lowest BCUT2D eigenvalue weighted by molar-refractivity contribution is -0.114. The van der Waals surface area contributed by atoms with Crippen molar-refractivity contribution in [2.24, 2.45) is 0 Å². The first kappa shape index (κ1) is 16.2. The summed E-state index contributed by atoms with van der Waals surface area (Å²) >= 11 is 0. The number of aryl methyl sites for hydroxylation is 1. The summed E-state index contributed by atoms with van der Waals surface area (Å²) in [6.07, 6.45) is 0.603. The molecule has 5 nitrogen and oxygen atoms in total. The molecule has 0 fully saturated rings. The monoisotopic (exact) mass is 285 g/mol. The summed E-state index contributed by atoms with van der Waals surface area (Å²) < 4.78 is 0. The van der Waals surface area contributed by atoms with Gasteiger partial charge >= 0.3 is 0 Å². The quantitative estimate of drug-likeness (QED) is 0.599. The van der Waals surface area contributed by atoms with Crippen molar-refractivity contribution in [3.05, 3.63) is 54.1 Å². The van der Waals surface area contributed by atoms with Gasteiger partial charge in [0.05, 0.1) is 11.4 Å². The molecular formula is C16H19N3O2. The van der Waals surface area contributed by atoms with E-state index in [0.29, 0.717) is 17.8 Å². The fourth-order valence-corrected chi connectivity index (χ4v) is 1.53. The third-order valence-corrected chi connectivity index (χ3v) is 2.55. The topological polar surface area (TPSA) is 84.2 Å². The number of amides is 2. The Balaban J connectivity index is 0.000000211. The van der Waals surface area contributed by atoms with Gasteiger partial charge in [-0.1, -0.05) is 29.8 Å². The minimum atomic E-state index is -0.0335. The van der Waals surface area contributed by atoms with Crippen LogP contribution in [0.3, 0.4) is 0 Å². The van der Waals surface area contributed by atoms with Crippen LogP contribution in [0.5, 0.6) is 0 Å². The molecular weight excluding hydrogens is 266 g/mol. The minimum Gasteiger partial charge on any atom is -0.397 e. The number of carbonyl (C=O) groups excluding carboxylic acids is 2. The molecule has 0 atom stereocenters. The van der Waals surface area contributed by atoms with Gasteiger partial charge in [-0.15, -0.1) is 0 Å². The first-order chi connectivity index (χ1) is 10.0. The normalized spacial score (nSPS) is 9.05. The van der Waals surface area contributed by atoms with E-state index in [1.165, 1.54) is 12.5 Å². The molecule has 0 aliphatic rings. The summed E-state index contributed by atoms with van der Waals surface area (Å²) in [5.41, 5.74) is 8.76. The molecule has 0 heterocycles. The molecule has 0 saturated carbocycles. The number of benzene rings is 2. The van der Waals surface area contributed by atoms with Crippen molar-refractivity contribution < 1.29 is 9.59 Å². The molecule has 0 aliphatic heterocycles. The number of nitrogen functional groups attached to an aromatic ring is 1. The molecule has 0 unspecified atom stereocenters. The maximum Gasteiger partial charge on any atom is 0.221 e. The minimum absolute atomic E-state index is 0.0335. The molecule has 0 aromatic heterocycles. The number of hydrogen-bond acceptors (Lipinski definition) is 3. The highest BCUT2D eigenvalue weighted by atomic mass is 16.1. The molecule has 2 rings (SSSR count). The molecule has 4 N–H and O–H groups in total. The van der Waals surface area contributed by atoms with E-state index in [-0.39, 0.29) is 5.91 Å². The van der Waals surface area contributed by atoms with Crippen LogP contribution in [-0.4, -0.2) is 12.3 Å². The summed E-state index contributed by atoms with van der Waals surface area (Å²) in [7, 11) is 0. The number of rotatable bonds is 3. The molecule has 0 aliphatic carbocycles. The summed E-state index contributed by atoms with van der Waals surface area (Å²) in [6.45, 7) is 3.51. The summed E-state index contributed by atoms with van der Waals surface area (Å²) in [5, 5.41) is 5.16. The number of anilines is 3. The van der Waals surface area contributed by atoms with Gasteiger partial charge in [-0.2, -0.15) is 0 Å². The number of nitrogens with one attached hydrogen (secondary N) is 2. The first-order valence-electron chi connectivity index (χ1n) is 6.42.